The fourth-order valence-corrected chi connectivity index (χ4v) is 3.03. The molecular weight excluding hydrogens is 370 g/mol. The normalized spacial score (nSPS) is 11.8. The second-order valence-corrected chi connectivity index (χ2v) is 6.50. The van der Waals surface area contributed by atoms with Crippen LogP contribution in [0.15, 0.2) is 47.8 Å². The first-order valence-electron chi connectivity index (χ1n) is 9.14. The van der Waals surface area contributed by atoms with Crippen LogP contribution in [0.5, 0.6) is 5.75 Å². The monoisotopic (exact) mass is 397 g/mol. The Morgan fingerprint density at radius 2 is 1.76 bits per heavy atom. The number of esters is 1. The Morgan fingerprint density at radius 3 is 2.41 bits per heavy atom. The van der Waals surface area contributed by atoms with E-state index in [4.69, 9.17) is 19.0 Å². The fraction of sp³-hybridized carbons (Fsp3) is 0.304. The lowest BCUT2D eigenvalue weighted by Crippen LogP contribution is -2.09. The number of nitrogens with zero attached hydrogens (tertiary/aromatic N) is 1. The van der Waals surface area contributed by atoms with E-state index in [0.29, 0.717) is 17.7 Å². The molecule has 6 heteroatoms. The molecule has 6 nitrogen and oxygen atoms in total. The SMILES string of the molecule is CO/C=C(\C(=O)OC)c1ccccc1COc1cc(C)c(/C(C)=N/OC)cc1C. The number of benzene rings is 2. The molecule has 0 saturated carbocycles. The zero-order chi connectivity index (χ0) is 21.4. The summed E-state index contributed by atoms with van der Waals surface area (Å²) in [5, 5.41) is 4.01. The van der Waals surface area contributed by atoms with Crippen LogP contribution < -0.4 is 4.74 Å². The third kappa shape index (κ3) is 5.38. The molecular formula is C23H27NO5. The number of carbonyl (C=O) groups excluding carboxylic acids is 1. The second kappa shape index (κ2) is 10.3. The molecule has 0 saturated heterocycles. The minimum Gasteiger partial charge on any atom is -0.503 e. The van der Waals surface area contributed by atoms with Crippen molar-refractivity contribution in [1.82, 2.24) is 0 Å². The summed E-state index contributed by atoms with van der Waals surface area (Å²) >= 11 is 0. The van der Waals surface area contributed by atoms with Gasteiger partial charge in [0.05, 0.1) is 26.2 Å². The third-order valence-electron chi connectivity index (χ3n) is 4.47. The first-order valence-corrected chi connectivity index (χ1v) is 9.14. The molecule has 154 valence electrons. The summed E-state index contributed by atoms with van der Waals surface area (Å²) in [4.78, 5) is 17.0. The van der Waals surface area contributed by atoms with Crippen molar-refractivity contribution in [2.45, 2.75) is 27.4 Å². The van der Waals surface area contributed by atoms with Crippen LogP contribution in [0.4, 0.5) is 0 Å². The molecule has 2 aromatic rings. The van der Waals surface area contributed by atoms with Gasteiger partial charge in [-0.15, -0.1) is 0 Å². The molecule has 0 fully saturated rings. The van der Waals surface area contributed by atoms with E-state index in [2.05, 4.69) is 5.16 Å². The number of hydrogen-bond acceptors (Lipinski definition) is 6. The van der Waals surface area contributed by atoms with Crippen LogP contribution in [0.3, 0.4) is 0 Å². The molecule has 2 rings (SSSR count). The zero-order valence-electron chi connectivity index (χ0n) is 17.7. The number of oxime groups is 1. The number of hydrogen-bond donors (Lipinski definition) is 0. The maximum Gasteiger partial charge on any atom is 0.341 e. The molecule has 0 aromatic heterocycles. The summed E-state index contributed by atoms with van der Waals surface area (Å²) in [5.74, 6) is 0.296. The molecule has 0 aliphatic rings. The summed E-state index contributed by atoms with van der Waals surface area (Å²) in [6, 6.07) is 11.5. The summed E-state index contributed by atoms with van der Waals surface area (Å²) in [6.07, 6.45) is 1.38. The van der Waals surface area contributed by atoms with Crippen LogP contribution in [0.2, 0.25) is 0 Å². The number of rotatable bonds is 8. The highest BCUT2D eigenvalue weighted by Crippen LogP contribution is 2.27. The standard InChI is InChI=1S/C23H27NO5/c1-15-12-22(16(2)11-20(15)17(3)24-28-6)29-13-18-9-7-8-10-19(18)21(14-26-4)23(25)27-5/h7-12,14H,13H2,1-6H3/b21-14-,24-17+. The lowest BCUT2D eigenvalue weighted by Gasteiger charge is -2.15. The molecule has 0 radical (unpaired) electrons. The number of carbonyl (C=O) groups is 1. The van der Waals surface area contributed by atoms with Crippen molar-refractivity contribution in [3.8, 4) is 5.75 Å². The van der Waals surface area contributed by atoms with Crippen molar-refractivity contribution in [2.75, 3.05) is 21.3 Å². The summed E-state index contributed by atoms with van der Waals surface area (Å²) in [7, 11) is 4.36. The van der Waals surface area contributed by atoms with Gasteiger partial charge in [-0.3, -0.25) is 0 Å². The highest BCUT2D eigenvalue weighted by Gasteiger charge is 2.17. The predicted molar refractivity (Wildman–Crippen MR) is 113 cm³/mol. The van der Waals surface area contributed by atoms with Crippen LogP contribution in [-0.4, -0.2) is 33.0 Å². The van der Waals surface area contributed by atoms with E-state index in [9.17, 15) is 4.79 Å². The molecule has 29 heavy (non-hydrogen) atoms. The minimum absolute atomic E-state index is 0.291. The molecule has 0 aliphatic heterocycles. The van der Waals surface area contributed by atoms with Crippen LogP contribution in [0.1, 0.15) is 34.7 Å². The Kier molecular flexibility index (Phi) is 7.83. The molecule has 0 N–H and O–H groups in total. The Labute approximate surface area is 171 Å². The maximum absolute atomic E-state index is 12.1. The number of methoxy groups -OCH3 is 2. The van der Waals surface area contributed by atoms with Gasteiger partial charge in [-0.05, 0) is 55.2 Å². The summed E-state index contributed by atoms with van der Waals surface area (Å²) in [5.41, 5.74) is 5.71. The summed E-state index contributed by atoms with van der Waals surface area (Å²) in [6.45, 7) is 6.17. The quantitative estimate of drug-likeness (QED) is 0.217. The van der Waals surface area contributed by atoms with Crippen molar-refractivity contribution < 1.29 is 23.8 Å². The van der Waals surface area contributed by atoms with Crippen molar-refractivity contribution in [2.24, 2.45) is 5.16 Å². The molecule has 0 bridgehead atoms. The van der Waals surface area contributed by atoms with E-state index in [1.165, 1.54) is 27.6 Å². The van der Waals surface area contributed by atoms with Gasteiger partial charge >= 0.3 is 5.97 Å². The summed E-state index contributed by atoms with van der Waals surface area (Å²) < 4.78 is 16.0. The van der Waals surface area contributed by atoms with E-state index in [1.54, 1.807) is 0 Å². The average molecular weight is 397 g/mol. The number of aryl methyl sites for hydroxylation is 2. The maximum atomic E-state index is 12.1. The smallest absolute Gasteiger partial charge is 0.341 e. The molecule has 2 aromatic carbocycles. The van der Waals surface area contributed by atoms with Gasteiger partial charge in [0.1, 0.15) is 25.0 Å². The lowest BCUT2D eigenvalue weighted by atomic mass is 10.0. The van der Waals surface area contributed by atoms with E-state index in [-0.39, 0.29) is 0 Å². The highest BCUT2D eigenvalue weighted by atomic mass is 16.6. The van der Waals surface area contributed by atoms with Gasteiger partial charge in [0.2, 0.25) is 0 Å². The fourth-order valence-electron chi connectivity index (χ4n) is 3.03. The first-order chi connectivity index (χ1) is 13.9. The largest absolute Gasteiger partial charge is 0.503 e. The van der Waals surface area contributed by atoms with Gasteiger partial charge < -0.3 is 19.0 Å². The van der Waals surface area contributed by atoms with Gasteiger partial charge in [-0.25, -0.2) is 4.79 Å². The Bertz CT molecular complexity index is 931. The van der Waals surface area contributed by atoms with E-state index < -0.39 is 5.97 Å². The topological polar surface area (TPSA) is 66.4 Å². The Balaban J connectivity index is 2.32. The van der Waals surface area contributed by atoms with Gasteiger partial charge in [0.25, 0.3) is 0 Å². The molecule has 0 heterocycles. The molecule has 0 spiro atoms. The lowest BCUT2D eigenvalue weighted by molar-refractivity contribution is -0.133. The second-order valence-electron chi connectivity index (χ2n) is 6.50. The van der Waals surface area contributed by atoms with Crippen LogP contribution in [0, 0.1) is 13.8 Å². The molecule has 0 unspecified atom stereocenters. The third-order valence-corrected chi connectivity index (χ3v) is 4.47. The van der Waals surface area contributed by atoms with E-state index in [0.717, 1.165) is 33.7 Å². The van der Waals surface area contributed by atoms with E-state index in [1.807, 2.05) is 57.2 Å². The Hall–Kier alpha value is -3.28. The van der Waals surface area contributed by atoms with Crippen molar-refractivity contribution in [3.63, 3.8) is 0 Å². The van der Waals surface area contributed by atoms with Crippen LogP contribution in [-0.2, 0) is 25.7 Å². The average Bonchev–Trinajstić information content (AvgIpc) is 2.72. The van der Waals surface area contributed by atoms with Crippen molar-refractivity contribution in [3.05, 3.63) is 70.5 Å². The molecule has 0 atom stereocenters. The molecule has 0 amide bonds. The minimum atomic E-state index is -0.469. The number of ether oxygens (including phenoxy) is 3. The highest BCUT2D eigenvalue weighted by molar-refractivity contribution is 6.16. The van der Waals surface area contributed by atoms with Crippen molar-refractivity contribution >= 4 is 17.3 Å². The van der Waals surface area contributed by atoms with Gasteiger partial charge in [-0.1, -0.05) is 29.4 Å². The van der Waals surface area contributed by atoms with Crippen LogP contribution >= 0.6 is 0 Å². The van der Waals surface area contributed by atoms with E-state index >= 15 is 0 Å². The predicted octanol–water partition coefficient (Wildman–Crippen LogP) is 4.41. The first kappa shape index (κ1) is 22.0. The van der Waals surface area contributed by atoms with Crippen LogP contribution in [0.25, 0.3) is 5.57 Å². The van der Waals surface area contributed by atoms with Crippen molar-refractivity contribution in [1.29, 1.82) is 0 Å². The van der Waals surface area contributed by atoms with Gasteiger partial charge in [-0.2, -0.15) is 0 Å². The van der Waals surface area contributed by atoms with Gasteiger partial charge in [0, 0.05) is 5.56 Å². The zero-order valence-corrected chi connectivity index (χ0v) is 17.7. The van der Waals surface area contributed by atoms with Gasteiger partial charge in [0.15, 0.2) is 0 Å². The Morgan fingerprint density at radius 1 is 1.03 bits per heavy atom. The molecule has 0 aliphatic carbocycles.